The Bertz CT molecular complexity index is 787. The van der Waals surface area contributed by atoms with Crippen LogP contribution < -0.4 is 16.0 Å². The second kappa shape index (κ2) is 12.4. The molecule has 0 atom stereocenters. The molecule has 0 spiro atoms. The molecule has 1 aromatic carbocycles. The van der Waals surface area contributed by atoms with Gasteiger partial charge in [0.1, 0.15) is 0 Å². The third-order valence-corrected chi connectivity index (χ3v) is 4.15. The van der Waals surface area contributed by atoms with E-state index in [2.05, 4.69) is 39.0 Å². The average Bonchev–Trinajstić information content (AvgIpc) is 2.98. The minimum atomic E-state index is -0.0500. The number of carbonyl (C=O) groups is 1. The lowest BCUT2D eigenvalue weighted by Crippen LogP contribution is -2.37. The highest BCUT2D eigenvalue weighted by Crippen LogP contribution is 2.05. The molecule has 2 rings (SSSR count). The normalized spacial score (nSPS) is 10.9. The van der Waals surface area contributed by atoms with E-state index >= 15 is 0 Å². The van der Waals surface area contributed by atoms with Crippen LogP contribution in [0.25, 0.3) is 0 Å². The van der Waals surface area contributed by atoms with Gasteiger partial charge in [-0.3, -0.25) is 14.5 Å². The molecule has 0 saturated heterocycles. The maximum Gasteiger partial charge on any atom is 0.251 e. The van der Waals surface area contributed by atoms with Crippen LogP contribution in [0, 0.1) is 13.8 Å². The predicted molar refractivity (Wildman–Crippen MR) is 124 cm³/mol. The van der Waals surface area contributed by atoms with Gasteiger partial charge in [0.05, 0.1) is 5.69 Å². The van der Waals surface area contributed by atoms with Gasteiger partial charge in [0.2, 0.25) is 0 Å². The summed E-state index contributed by atoms with van der Waals surface area (Å²) >= 11 is 0. The number of aryl methyl sites for hydroxylation is 3. The zero-order valence-corrected chi connectivity index (χ0v) is 19.4. The average molecular weight is 498 g/mol. The summed E-state index contributed by atoms with van der Waals surface area (Å²) in [7, 11) is 1.75. The lowest BCUT2D eigenvalue weighted by atomic mass is 10.1. The van der Waals surface area contributed by atoms with Crippen molar-refractivity contribution in [2.24, 2.45) is 4.99 Å². The lowest BCUT2D eigenvalue weighted by molar-refractivity contribution is 0.0955. The third kappa shape index (κ3) is 7.49. The summed E-state index contributed by atoms with van der Waals surface area (Å²) in [4.78, 5) is 16.2. The number of rotatable bonds is 8. The Labute approximate surface area is 184 Å². The first kappa shape index (κ1) is 23.9. The molecule has 0 fully saturated rings. The number of hydrogen-bond donors (Lipinski definition) is 3. The van der Waals surface area contributed by atoms with Crippen LogP contribution >= 0.6 is 24.0 Å². The van der Waals surface area contributed by atoms with Crippen LogP contribution in [0.5, 0.6) is 0 Å². The summed E-state index contributed by atoms with van der Waals surface area (Å²) in [5.41, 5.74) is 3.93. The van der Waals surface area contributed by atoms with Crippen molar-refractivity contribution in [1.82, 2.24) is 25.7 Å². The molecular weight excluding hydrogens is 467 g/mol. The Balaban J connectivity index is 0.00000392. The van der Waals surface area contributed by atoms with Gasteiger partial charge in [0, 0.05) is 44.5 Å². The van der Waals surface area contributed by atoms with Gasteiger partial charge in [-0.15, -0.1) is 24.0 Å². The van der Waals surface area contributed by atoms with Crippen molar-refractivity contribution in [2.45, 2.75) is 40.3 Å². The van der Waals surface area contributed by atoms with E-state index in [0.29, 0.717) is 18.7 Å². The summed E-state index contributed by atoms with van der Waals surface area (Å²) in [6.07, 6.45) is 0.954. The summed E-state index contributed by atoms with van der Waals surface area (Å²) < 4.78 is 2.03. The van der Waals surface area contributed by atoms with E-state index in [9.17, 15) is 4.79 Å². The van der Waals surface area contributed by atoms with Gasteiger partial charge in [0.15, 0.2) is 5.96 Å². The topological polar surface area (TPSA) is 83.3 Å². The number of nitrogens with one attached hydrogen (secondary N) is 3. The first-order valence-electron chi connectivity index (χ1n) is 9.36. The fraction of sp³-hybridized carbons (Fsp3) is 0.450. The molecule has 0 bridgehead atoms. The number of carbonyl (C=O) groups excluding carboxylic acids is 1. The number of nitrogens with zero attached hydrogens (tertiary/aromatic N) is 3. The van der Waals surface area contributed by atoms with E-state index in [1.165, 1.54) is 5.69 Å². The van der Waals surface area contributed by atoms with Crippen LogP contribution in [0.4, 0.5) is 0 Å². The molecule has 1 heterocycles. The third-order valence-electron chi connectivity index (χ3n) is 4.15. The molecule has 8 heteroatoms. The number of aromatic nitrogens is 2. The molecule has 0 aliphatic heterocycles. The summed E-state index contributed by atoms with van der Waals surface area (Å²) in [5.74, 6) is 0.692. The molecule has 28 heavy (non-hydrogen) atoms. The van der Waals surface area contributed by atoms with Gasteiger partial charge in [-0.05, 0) is 51.0 Å². The molecule has 154 valence electrons. The van der Waals surface area contributed by atoms with Gasteiger partial charge < -0.3 is 16.0 Å². The van der Waals surface area contributed by atoms with Crippen molar-refractivity contribution in [3.63, 3.8) is 0 Å². The summed E-state index contributed by atoms with van der Waals surface area (Å²) in [6, 6.07) is 9.69. The smallest absolute Gasteiger partial charge is 0.251 e. The van der Waals surface area contributed by atoms with Gasteiger partial charge in [-0.1, -0.05) is 12.1 Å². The molecule has 1 amide bonds. The molecule has 0 radical (unpaired) electrons. The van der Waals surface area contributed by atoms with Gasteiger partial charge in [-0.2, -0.15) is 5.10 Å². The lowest BCUT2D eigenvalue weighted by Gasteiger charge is -2.13. The van der Waals surface area contributed by atoms with Crippen molar-refractivity contribution in [1.29, 1.82) is 0 Å². The quantitative estimate of drug-likeness (QED) is 0.226. The van der Waals surface area contributed by atoms with E-state index in [4.69, 9.17) is 0 Å². The van der Waals surface area contributed by atoms with Crippen LogP contribution in [0.2, 0.25) is 0 Å². The van der Waals surface area contributed by atoms with Crippen LogP contribution in [-0.2, 0) is 13.1 Å². The highest BCUT2D eigenvalue weighted by molar-refractivity contribution is 14.0. The summed E-state index contributed by atoms with van der Waals surface area (Å²) in [5, 5.41) is 13.9. The van der Waals surface area contributed by atoms with E-state index < -0.39 is 0 Å². The SMILES string of the molecule is CCNC(=O)c1cccc(CNC(=NC)NCCCn2nc(C)cc2C)c1.I. The molecule has 7 nitrogen and oxygen atoms in total. The Hall–Kier alpha value is -2.10. The Morgan fingerprint density at radius 2 is 1.96 bits per heavy atom. The highest BCUT2D eigenvalue weighted by Gasteiger charge is 2.05. The van der Waals surface area contributed by atoms with Gasteiger partial charge in [-0.25, -0.2) is 0 Å². The van der Waals surface area contributed by atoms with Crippen molar-refractivity contribution < 1.29 is 4.79 Å². The monoisotopic (exact) mass is 498 g/mol. The highest BCUT2D eigenvalue weighted by atomic mass is 127. The minimum Gasteiger partial charge on any atom is -0.356 e. The zero-order valence-electron chi connectivity index (χ0n) is 17.1. The zero-order chi connectivity index (χ0) is 19.6. The maximum atomic E-state index is 11.9. The largest absolute Gasteiger partial charge is 0.356 e. The van der Waals surface area contributed by atoms with E-state index in [0.717, 1.165) is 36.7 Å². The number of amides is 1. The van der Waals surface area contributed by atoms with Crippen LogP contribution in [0.15, 0.2) is 35.3 Å². The molecule has 0 aliphatic carbocycles. The maximum absolute atomic E-state index is 11.9. The van der Waals surface area contributed by atoms with E-state index in [1.807, 2.05) is 42.8 Å². The van der Waals surface area contributed by atoms with Gasteiger partial charge >= 0.3 is 0 Å². The predicted octanol–water partition coefficient (Wildman–Crippen LogP) is 2.62. The van der Waals surface area contributed by atoms with Crippen LogP contribution in [0.1, 0.15) is 40.7 Å². The molecular formula is C20H31IN6O. The van der Waals surface area contributed by atoms with Crippen molar-refractivity contribution in [3.8, 4) is 0 Å². The molecule has 0 saturated carbocycles. The molecule has 0 aliphatic rings. The number of benzene rings is 1. The first-order valence-corrected chi connectivity index (χ1v) is 9.36. The molecule has 0 unspecified atom stereocenters. The standard InChI is InChI=1S/C20H30N6O.HI/c1-5-22-19(27)18-9-6-8-17(13-18)14-24-20(21-4)23-10-7-11-26-16(3)12-15(2)25-26;/h6,8-9,12-13H,5,7,10-11,14H2,1-4H3,(H,22,27)(H2,21,23,24);1H. The summed E-state index contributed by atoms with van der Waals surface area (Å²) in [6.45, 7) is 8.89. The first-order chi connectivity index (χ1) is 13.0. The Morgan fingerprint density at radius 3 is 2.61 bits per heavy atom. The number of guanidine groups is 1. The van der Waals surface area contributed by atoms with Crippen molar-refractivity contribution in [2.75, 3.05) is 20.1 Å². The molecule has 3 N–H and O–H groups in total. The van der Waals surface area contributed by atoms with E-state index in [-0.39, 0.29) is 29.9 Å². The number of aliphatic imine (C=N–C) groups is 1. The minimum absolute atomic E-state index is 0. The molecule has 1 aromatic heterocycles. The van der Waals surface area contributed by atoms with E-state index in [1.54, 1.807) is 7.05 Å². The fourth-order valence-electron chi connectivity index (χ4n) is 2.83. The van der Waals surface area contributed by atoms with Crippen molar-refractivity contribution >= 4 is 35.8 Å². The Kier molecular flexibility index (Phi) is 10.6. The Morgan fingerprint density at radius 1 is 1.18 bits per heavy atom. The van der Waals surface area contributed by atoms with Crippen LogP contribution in [0.3, 0.4) is 0 Å². The number of halogens is 1. The second-order valence-corrected chi connectivity index (χ2v) is 6.42. The van der Waals surface area contributed by atoms with Crippen molar-refractivity contribution in [3.05, 3.63) is 52.8 Å². The van der Waals surface area contributed by atoms with Gasteiger partial charge in [0.25, 0.3) is 5.91 Å². The fourth-order valence-corrected chi connectivity index (χ4v) is 2.83. The van der Waals surface area contributed by atoms with Crippen LogP contribution in [-0.4, -0.2) is 41.8 Å². The molecule has 2 aromatic rings. The second-order valence-electron chi connectivity index (χ2n) is 6.42. The number of hydrogen-bond acceptors (Lipinski definition) is 3.